The van der Waals surface area contributed by atoms with Crippen molar-refractivity contribution in [3.8, 4) is 0 Å². The Hall–Kier alpha value is -2.61. The first-order valence-electron chi connectivity index (χ1n) is 6.01. The molecule has 0 spiro atoms. The maximum absolute atomic E-state index is 11.2. The number of anilines is 1. The lowest BCUT2D eigenvalue weighted by Crippen LogP contribution is -2.05. The molecule has 1 heterocycles. The Morgan fingerprint density at radius 1 is 1.05 bits per heavy atom. The van der Waals surface area contributed by atoms with Crippen LogP contribution in [0.25, 0.3) is 0 Å². The minimum atomic E-state index is -0.638. The quantitative estimate of drug-likeness (QED) is 0.685. The summed E-state index contributed by atoms with van der Waals surface area (Å²) in [6.07, 6.45) is 0. The summed E-state index contributed by atoms with van der Waals surface area (Å²) in [6.45, 7) is 0. The van der Waals surface area contributed by atoms with E-state index < -0.39 is 9.85 Å². The second-order valence-electron chi connectivity index (χ2n) is 4.40. The van der Waals surface area contributed by atoms with Gasteiger partial charge in [-0.3, -0.25) is 20.2 Å². The number of nitrogens with one attached hydrogen (secondary N) is 1. The van der Waals surface area contributed by atoms with Crippen molar-refractivity contribution in [2.24, 2.45) is 0 Å². The number of nitro benzene ring substituents is 2. The van der Waals surface area contributed by atoms with E-state index in [2.05, 4.69) is 5.32 Å². The van der Waals surface area contributed by atoms with E-state index in [-0.39, 0.29) is 16.7 Å². The molecule has 1 unspecified atom stereocenters. The number of nitro groups is 2. The molecule has 2 aromatic carbocycles. The topological polar surface area (TPSA) is 98.3 Å². The van der Waals surface area contributed by atoms with Crippen molar-refractivity contribution in [1.82, 2.24) is 0 Å². The van der Waals surface area contributed by atoms with Gasteiger partial charge >= 0.3 is 0 Å². The van der Waals surface area contributed by atoms with Gasteiger partial charge in [0.2, 0.25) is 0 Å². The van der Waals surface area contributed by atoms with Crippen molar-refractivity contribution in [3.63, 3.8) is 0 Å². The Balaban J connectivity index is 2.00. The Labute approximate surface area is 123 Å². The van der Waals surface area contributed by atoms with E-state index in [1.165, 1.54) is 23.9 Å². The van der Waals surface area contributed by atoms with Gasteiger partial charge in [-0.25, -0.2) is 0 Å². The Morgan fingerprint density at radius 3 is 2.48 bits per heavy atom. The van der Waals surface area contributed by atoms with Gasteiger partial charge in [-0.1, -0.05) is 23.9 Å². The van der Waals surface area contributed by atoms with Crippen LogP contribution in [0.5, 0.6) is 0 Å². The Kier molecular flexibility index (Phi) is 3.22. The lowest BCUT2D eigenvalue weighted by atomic mass is 10.1. The highest BCUT2D eigenvalue weighted by atomic mass is 32.2. The molecule has 0 saturated carbocycles. The normalized spacial score (nSPS) is 16.1. The molecule has 8 heteroatoms. The molecule has 0 saturated heterocycles. The fraction of sp³-hybridized carbons (Fsp3) is 0.0769. The van der Waals surface area contributed by atoms with Crippen LogP contribution in [0.1, 0.15) is 10.9 Å². The van der Waals surface area contributed by atoms with Crippen LogP contribution in [-0.4, -0.2) is 9.85 Å². The van der Waals surface area contributed by atoms with Gasteiger partial charge in [-0.05, 0) is 18.2 Å². The zero-order chi connectivity index (χ0) is 15.0. The molecule has 7 nitrogen and oxygen atoms in total. The minimum Gasteiger partial charge on any atom is -0.368 e. The molecule has 1 atom stereocenters. The highest BCUT2D eigenvalue weighted by Crippen LogP contribution is 2.48. The van der Waals surface area contributed by atoms with Crippen LogP contribution in [0.15, 0.2) is 47.4 Å². The van der Waals surface area contributed by atoms with Crippen molar-refractivity contribution in [3.05, 3.63) is 68.3 Å². The number of para-hydroxylation sites is 1. The maximum Gasteiger partial charge on any atom is 0.282 e. The van der Waals surface area contributed by atoms with Gasteiger partial charge < -0.3 is 5.32 Å². The molecular weight excluding hydrogens is 294 g/mol. The molecule has 0 radical (unpaired) electrons. The minimum absolute atomic E-state index is 0.248. The molecule has 1 aliphatic rings. The summed E-state index contributed by atoms with van der Waals surface area (Å²) in [6, 6.07) is 11.3. The summed E-state index contributed by atoms with van der Waals surface area (Å²) in [5.41, 5.74) is 0.792. The van der Waals surface area contributed by atoms with E-state index in [1.54, 1.807) is 0 Å². The van der Waals surface area contributed by atoms with Crippen molar-refractivity contribution in [1.29, 1.82) is 0 Å². The van der Waals surface area contributed by atoms with Crippen molar-refractivity contribution < 1.29 is 9.85 Å². The molecule has 106 valence electrons. The molecule has 0 bridgehead atoms. The molecule has 0 fully saturated rings. The smallest absolute Gasteiger partial charge is 0.282 e. The van der Waals surface area contributed by atoms with Crippen LogP contribution < -0.4 is 5.32 Å². The summed E-state index contributed by atoms with van der Waals surface area (Å²) in [5.74, 6) is 0. The summed E-state index contributed by atoms with van der Waals surface area (Å²) in [4.78, 5) is 21.7. The van der Waals surface area contributed by atoms with Crippen LogP contribution >= 0.6 is 11.8 Å². The van der Waals surface area contributed by atoms with Gasteiger partial charge in [0, 0.05) is 16.6 Å². The second kappa shape index (κ2) is 5.06. The number of rotatable bonds is 3. The summed E-state index contributed by atoms with van der Waals surface area (Å²) >= 11 is 1.45. The molecule has 0 aromatic heterocycles. The number of thioether (sulfide) groups is 1. The molecule has 1 aliphatic heterocycles. The van der Waals surface area contributed by atoms with Crippen molar-refractivity contribution >= 4 is 28.8 Å². The van der Waals surface area contributed by atoms with Gasteiger partial charge in [-0.2, -0.15) is 0 Å². The number of hydrogen-bond donors (Lipinski definition) is 1. The van der Waals surface area contributed by atoms with Crippen LogP contribution in [0.3, 0.4) is 0 Å². The summed E-state index contributed by atoms with van der Waals surface area (Å²) in [7, 11) is 0. The fourth-order valence-electron chi connectivity index (χ4n) is 2.15. The van der Waals surface area contributed by atoms with E-state index in [9.17, 15) is 20.2 Å². The summed E-state index contributed by atoms with van der Waals surface area (Å²) < 4.78 is 0. The lowest BCUT2D eigenvalue weighted by Gasteiger charge is -2.10. The Morgan fingerprint density at radius 2 is 1.81 bits per heavy atom. The first-order chi connectivity index (χ1) is 10.1. The van der Waals surface area contributed by atoms with E-state index >= 15 is 0 Å². The maximum atomic E-state index is 11.2. The molecule has 0 amide bonds. The van der Waals surface area contributed by atoms with E-state index in [0.717, 1.165) is 16.6 Å². The number of nitrogens with zero attached hydrogens (tertiary/aromatic N) is 2. The van der Waals surface area contributed by atoms with Gasteiger partial charge in [0.05, 0.1) is 21.5 Å². The number of hydrogen-bond acceptors (Lipinski definition) is 6. The van der Waals surface area contributed by atoms with Crippen molar-refractivity contribution in [2.45, 2.75) is 10.3 Å². The van der Waals surface area contributed by atoms with Crippen LogP contribution in [0.4, 0.5) is 17.1 Å². The molecule has 0 aliphatic carbocycles. The Bertz CT molecular complexity index is 725. The van der Waals surface area contributed by atoms with E-state index in [4.69, 9.17) is 0 Å². The number of benzene rings is 2. The van der Waals surface area contributed by atoms with Crippen LogP contribution in [0.2, 0.25) is 0 Å². The predicted molar refractivity (Wildman–Crippen MR) is 78.4 cm³/mol. The van der Waals surface area contributed by atoms with Gasteiger partial charge in [0.25, 0.3) is 11.4 Å². The van der Waals surface area contributed by atoms with Gasteiger partial charge in [0.15, 0.2) is 0 Å². The zero-order valence-electron chi connectivity index (χ0n) is 10.6. The largest absolute Gasteiger partial charge is 0.368 e. The number of non-ortho nitro benzene ring substituents is 1. The third-order valence-electron chi connectivity index (χ3n) is 3.12. The molecule has 3 rings (SSSR count). The fourth-order valence-corrected chi connectivity index (χ4v) is 3.33. The first kappa shape index (κ1) is 13.4. The molecule has 1 N–H and O–H groups in total. The average molecular weight is 303 g/mol. The first-order valence-corrected chi connectivity index (χ1v) is 6.89. The van der Waals surface area contributed by atoms with E-state index in [1.807, 2.05) is 24.3 Å². The summed E-state index contributed by atoms with van der Waals surface area (Å²) in [5, 5.41) is 24.8. The van der Waals surface area contributed by atoms with Crippen LogP contribution in [-0.2, 0) is 0 Å². The van der Waals surface area contributed by atoms with Crippen LogP contribution in [0, 0.1) is 20.2 Å². The SMILES string of the molecule is O=[N+]([O-])c1ccc(C2Nc3ccccc3S2)c([N+](=O)[O-])c1. The predicted octanol–water partition coefficient (Wildman–Crippen LogP) is 3.72. The van der Waals surface area contributed by atoms with Gasteiger partial charge in [-0.15, -0.1) is 0 Å². The third kappa shape index (κ3) is 2.40. The lowest BCUT2D eigenvalue weighted by molar-refractivity contribution is -0.394. The molecular formula is C13H9N3O4S. The van der Waals surface area contributed by atoms with Crippen molar-refractivity contribution in [2.75, 3.05) is 5.32 Å². The van der Waals surface area contributed by atoms with E-state index in [0.29, 0.717) is 5.56 Å². The monoisotopic (exact) mass is 303 g/mol. The molecule has 2 aromatic rings. The highest BCUT2D eigenvalue weighted by molar-refractivity contribution is 8.00. The molecule has 21 heavy (non-hydrogen) atoms. The standard InChI is InChI=1S/C13H9N3O4S/c17-15(18)8-5-6-9(11(7-8)16(19)20)13-14-10-3-1-2-4-12(10)21-13/h1-7,13-14H. The van der Waals surface area contributed by atoms with Gasteiger partial charge in [0.1, 0.15) is 5.37 Å². The number of fused-ring (bicyclic) bond motifs is 1. The third-order valence-corrected chi connectivity index (χ3v) is 4.34. The zero-order valence-corrected chi connectivity index (χ0v) is 11.4. The second-order valence-corrected chi connectivity index (χ2v) is 5.54. The highest BCUT2D eigenvalue weighted by Gasteiger charge is 2.30. The average Bonchev–Trinajstić information content (AvgIpc) is 2.90.